The van der Waals surface area contributed by atoms with Gasteiger partial charge in [-0.1, -0.05) is 26.0 Å². The van der Waals surface area contributed by atoms with Gasteiger partial charge in [-0.3, -0.25) is 4.79 Å². The van der Waals surface area contributed by atoms with E-state index in [1.807, 2.05) is 31.2 Å². The molecule has 1 amide bonds. The Labute approximate surface area is 137 Å². The lowest BCUT2D eigenvalue weighted by Crippen LogP contribution is -2.27. The second-order valence-electron chi connectivity index (χ2n) is 5.59. The molecule has 2 rings (SSSR count). The van der Waals surface area contributed by atoms with Gasteiger partial charge < -0.3 is 15.4 Å². The monoisotopic (exact) mass is 313 g/mol. The van der Waals surface area contributed by atoms with Crippen molar-refractivity contribution in [1.29, 1.82) is 0 Å². The van der Waals surface area contributed by atoms with Crippen LogP contribution in [0.15, 0.2) is 42.6 Å². The van der Waals surface area contributed by atoms with Crippen molar-refractivity contribution in [2.24, 2.45) is 5.92 Å². The molecule has 0 atom stereocenters. The molecule has 1 heterocycles. The van der Waals surface area contributed by atoms with Crippen LogP contribution < -0.4 is 15.4 Å². The van der Waals surface area contributed by atoms with Gasteiger partial charge in [0, 0.05) is 18.3 Å². The van der Waals surface area contributed by atoms with Crippen molar-refractivity contribution in [3.8, 4) is 5.75 Å². The van der Waals surface area contributed by atoms with Crippen LogP contribution in [0.1, 0.15) is 31.1 Å². The molecule has 0 radical (unpaired) electrons. The Bertz CT molecular complexity index is 656. The summed E-state index contributed by atoms with van der Waals surface area (Å²) in [6.07, 6.45) is 1.62. The summed E-state index contributed by atoms with van der Waals surface area (Å²) in [6, 6.07) is 11.1. The maximum atomic E-state index is 12.1. The number of para-hydroxylation sites is 2. The quantitative estimate of drug-likeness (QED) is 0.819. The molecular formula is C18H23N3O2. The van der Waals surface area contributed by atoms with Crippen molar-refractivity contribution >= 4 is 17.4 Å². The summed E-state index contributed by atoms with van der Waals surface area (Å²) >= 11 is 0. The normalized spacial score (nSPS) is 10.4. The van der Waals surface area contributed by atoms with Crippen LogP contribution in [-0.4, -0.2) is 24.0 Å². The van der Waals surface area contributed by atoms with E-state index in [-0.39, 0.29) is 5.91 Å². The molecule has 0 bridgehead atoms. The van der Waals surface area contributed by atoms with Gasteiger partial charge in [0.05, 0.1) is 12.3 Å². The number of nitrogens with one attached hydrogen (secondary N) is 2. The molecule has 5 heteroatoms. The number of hydrogen-bond acceptors (Lipinski definition) is 4. The van der Waals surface area contributed by atoms with E-state index in [4.69, 9.17) is 4.74 Å². The van der Waals surface area contributed by atoms with Gasteiger partial charge in [0.15, 0.2) is 0 Å². The van der Waals surface area contributed by atoms with Gasteiger partial charge >= 0.3 is 0 Å². The molecule has 0 fully saturated rings. The van der Waals surface area contributed by atoms with Gasteiger partial charge in [0.1, 0.15) is 11.6 Å². The first kappa shape index (κ1) is 16.8. The van der Waals surface area contributed by atoms with E-state index in [1.54, 1.807) is 18.3 Å². The van der Waals surface area contributed by atoms with E-state index < -0.39 is 0 Å². The first-order valence-electron chi connectivity index (χ1n) is 7.83. The highest BCUT2D eigenvalue weighted by Gasteiger charge is 2.09. The Hall–Kier alpha value is -2.56. The number of benzene rings is 1. The Morgan fingerprint density at radius 1 is 1.26 bits per heavy atom. The van der Waals surface area contributed by atoms with Gasteiger partial charge in [-0.25, -0.2) is 4.98 Å². The number of anilines is 2. The van der Waals surface area contributed by atoms with Gasteiger partial charge in [-0.15, -0.1) is 0 Å². The van der Waals surface area contributed by atoms with E-state index >= 15 is 0 Å². The summed E-state index contributed by atoms with van der Waals surface area (Å²) in [6.45, 7) is 7.30. The molecule has 0 unspecified atom stereocenters. The maximum absolute atomic E-state index is 12.1. The second kappa shape index (κ2) is 8.17. The van der Waals surface area contributed by atoms with Crippen molar-refractivity contribution in [2.75, 3.05) is 18.5 Å². The Morgan fingerprint density at radius 3 is 2.78 bits per heavy atom. The van der Waals surface area contributed by atoms with E-state index in [0.717, 1.165) is 11.4 Å². The average Bonchev–Trinajstić information content (AvgIpc) is 2.55. The molecule has 0 aliphatic heterocycles. The number of amides is 1. The molecule has 23 heavy (non-hydrogen) atoms. The molecule has 1 aromatic carbocycles. The maximum Gasteiger partial charge on any atom is 0.251 e. The molecule has 0 aliphatic carbocycles. The Balaban J connectivity index is 2.13. The fraction of sp³-hybridized carbons (Fsp3) is 0.333. The van der Waals surface area contributed by atoms with Crippen LogP contribution in [0, 0.1) is 5.92 Å². The summed E-state index contributed by atoms with van der Waals surface area (Å²) in [5, 5.41) is 6.10. The minimum Gasteiger partial charge on any atom is -0.492 e. The zero-order valence-electron chi connectivity index (χ0n) is 13.8. The smallest absolute Gasteiger partial charge is 0.251 e. The van der Waals surface area contributed by atoms with Gasteiger partial charge in [-0.2, -0.15) is 0 Å². The molecule has 122 valence electrons. The minimum atomic E-state index is -0.0951. The predicted octanol–water partition coefficient (Wildman–Crippen LogP) is 3.61. The number of hydrogen-bond donors (Lipinski definition) is 2. The number of aromatic nitrogens is 1. The molecular weight excluding hydrogens is 290 g/mol. The van der Waals surface area contributed by atoms with Crippen LogP contribution in [0.25, 0.3) is 0 Å². The van der Waals surface area contributed by atoms with Crippen molar-refractivity contribution < 1.29 is 9.53 Å². The van der Waals surface area contributed by atoms with Crippen LogP contribution in [0.5, 0.6) is 5.75 Å². The lowest BCUT2D eigenvalue weighted by molar-refractivity contribution is 0.0949. The zero-order valence-corrected chi connectivity index (χ0v) is 13.8. The summed E-state index contributed by atoms with van der Waals surface area (Å²) in [5.41, 5.74) is 1.40. The lowest BCUT2D eigenvalue weighted by atomic mass is 10.2. The number of carbonyl (C=O) groups is 1. The highest BCUT2D eigenvalue weighted by Crippen LogP contribution is 2.26. The Kier molecular flexibility index (Phi) is 5.97. The number of carbonyl (C=O) groups excluding carboxylic acids is 1. The van der Waals surface area contributed by atoms with Crippen LogP contribution in [0.3, 0.4) is 0 Å². The molecule has 0 saturated carbocycles. The van der Waals surface area contributed by atoms with Crippen molar-refractivity contribution in [3.63, 3.8) is 0 Å². The van der Waals surface area contributed by atoms with Gasteiger partial charge in [0.2, 0.25) is 0 Å². The third-order valence-corrected chi connectivity index (χ3v) is 3.14. The molecule has 0 aliphatic rings. The van der Waals surface area contributed by atoms with Gasteiger partial charge in [-0.05, 0) is 37.1 Å². The number of pyridine rings is 1. The summed E-state index contributed by atoms with van der Waals surface area (Å²) < 4.78 is 5.58. The zero-order chi connectivity index (χ0) is 16.7. The van der Waals surface area contributed by atoms with E-state index in [9.17, 15) is 4.79 Å². The first-order valence-corrected chi connectivity index (χ1v) is 7.83. The molecule has 0 spiro atoms. The van der Waals surface area contributed by atoms with Crippen molar-refractivity contribution in [1.82, 2.24) is 10.3 Å². The van der Waals surface area contributed by atoms with Crippen LogP contribution in [-0.2, 0) is 0 Å². The summed E-state index contributed by atoms with van der Waals surface area (Å²) in [5.74, 6) is 1.68. The average molecular weight is 313 g/mol. The van der Waals surface area contributed by atoms with E-state index in [2.05, 4.69) is 29.5 Å². The SMILES string of the molecule is CCOc1ccccc1Nc1cc(C(=O)NCC(C)C)ccn1. The van der Waals surface area contributed by atoms with Crippen molar-refractivity contribution in [3.05, 3.63) is 48.2 Å². The fourth-order valence-electron chi connectivity index (χ4n) is 2.03. The molecule has 1 aromatic heterocycles. The molecule has 2 N–H and O–H groups in total. The second-order valence-corrected chi connectivity index (χ2v) is 5.59. The summed E-state index contributed by atoms with van der Waals surface area (Å²) in [7, 11) is 0. The van der Waals surface area contributed by atoms with E-state index in [0.29, 0.717) is 30.5 Å². The number of nitrogens with zero attached hydrogens (tertiary/aromatic N) is 1. The first-order chi connectivity index (χ1) is 11.1. The Morgan fingerprint density at radius 2 is 2.04 bits per heavy atom. The summed E-state index contributed by atoms with van der Waals surface area (Å²) in [4.78, 5) is 16.4. The van der Waals surface area contributed by atoms with Crippen molar-refractivity contribution in [2.45, 2.75) is 20.8 Å². The highest BCUT2D eigenvalue weighted by molar-refractivity contribution is 5.94. The minimum absolute atomic E-state index is 0.0951. The predicted molar refractivity (Wildman–Crippen MR) is 92.3 cm³/mol. The van der Waals surface area contributed by atoms with E-state index in [1.165, 1.54) is 0 Å². The highest BCUT2D eigenvalue weighted by atomic mass is 16.5. The number of ether oxygens (including phenoxy) is 1. The van der Waals surface area contributed by atoms with Crippen LogP contribution in [0.4, 0.5) is 11.5 Å². The van der Waals surface area contributed by atoms with Gasteiger partial charge in [0.25, 0.3) is 5.91 Å². The third-order valence-electron chi connectivity index (χ3n) is 3.14. The molecule has 2 aromatic rings. The topological polar surface area (TPSA) is 63.2 Å². The third kappa shape index (κ3) is 4.98. The fourth-order valence-corrected chi connectivity index (χ4v) is 2.03. The lowest BCUT2D eigenvalue weighted by Gasteiger charge is -2.12. The largest absolute Gasteiger partial charge is 0.492 e. The number of rotatable bonds is 7. The molecule has 5 nitrogen and oxygen atoms in total. The van der Waals surface area contributed by atoms with Crippen LogP contribution >= 0.6 is 0 Å². The molecule has 0 saturated heterocycles. The standard InChI is InChI=1S/C18H23N3O2/c1-4-23-16-8-6-5-7-15(16)21-17-11-14(9-10-19-17)18(22)20-12-13(2)3/h5-11,13H,4,12H2,1-3H3,(H,19,21)(H,20,22). The van der Waals surface area contributed by atoms with Crippen LogP contribution in [0.2, 0.25) is 0 Å².